The molecular formula is C17H25N3O. The third kappa shape index (κ3) is 2.83. The zero-order chi connectivity index (χ0) is 14.7. The van der Waals surface area contributed by atoms with E-state index < -0.39 is 0 Å². The number of para-hydroxylation sites is 2. The van der Waals surface area contributed by atoms with Gasteiger partial charge in [-0.2, -0.15) is 0 Å². The molecule has 4 heteroatoms. The number of fused-ring (bicyclic) bond motifs is 1. The molecule has 0 spiro atoms. The molecule has 0 saturated heterocycles. The van der Waals surface area contributed by atoms with Gasteiger partial charge in [-0.25, -0.2) is 4.98 Å². The molecule has 4 nitrogen and oxygen atoms in total. The van der Waals surface area contributed by atoms with Crippen molar-refractivity contribution in [3.05, 3.63) is 30.1 Å². The van der Waals surface area contributed by atoms with E-state index in [1.165, 1.54) is 31.2 Å². The predicted octanol–water partition coefficient (Wildman–Crippen LogP) is 3.19. The van der Waals surface area contributed by atoms with Crippen molar-refractivity contribution in [1.82, 2.24) is 9.55 Å². The number of methoxy groups -OCH3 is 1. The summed E-state index contributed by atoms with van der Waals surface area (Å²) in [5.41, 5.74) is 8.71. The molecule has 0 amide bonds. The number of aromatic nitrogens is 2. The van der Waals surface area contributed by atoms with E-state index in [0.717, 1.165) is 30.7 Å². The minimum absolute atomic E-state index is 0.288. The van der Waals surface area contributed by atoms with Crippen LogP contribution in [0.2, 0.25) is 0 Å². The van der Waals surface area contributed by atoms with Crippen LogP contribution >= 0.6 is 0 Å². The Kier molecular flexibility index (Phi) is 4.27. The summed E-state index contributed by atoms with van der Waals surface area (Å²) < 4.78 is 7.54. The fourth-order valence-electron chi connectivity index (χ4n) is 3.45. The summed E-state index contributed by atoms with van der Waals surface area (Å²) in [6.07, 6.45) is 7.04. The number of hydrogen-bond acceptors (Lipinski definition) is 3. The molecular weight excluding hydrogens is 262 g/mol. The highest BCUT2D eigenvalue weighted by Crippen LogP contribution is 2.34. The Labute approximate surface area is 126 Å². The number of rotatable bonds is 4. The van der Waals surface area contributed by atoms with Gasteiger partial charge >= 0.3 is 0 Å². The zero-order valence-corrected chi connectivity index (χ0v) is 12.8. The largest absolute Gasteiger partial charge is 0.383 e. The topological polar surface area (TPSA) is 53.1 Å². The van der Waals surface area contributed by atoms with Crippen molar-refractivity contribution < 1.29 is 4.74 Å². The van der Waals surface area contributed by atoms with Gasteiger partial charge in [-0.05, 0) is 25.0 Å². The Morgan fingerprint density at radius 3 is 2.62 bits per heavy atom. The number of ether oxygens (including phenoxy) is 1. The molecule has 0 aliphatic heterocycles. The van der Waals surface area contributed by atoms with Crippen LogP contribution in [0.25, 0.3) is 11.0 Å². The maximum Gasteiger partial charge on any atom is 0.130 e. The smallest absolute Gasteiger partial charge is 0.130 e. The van der Waals surface area contributed by atoms with Gasteiger partial charge in [0.2, 0.25) is 0 Å². The minimum atomic E-state index is -0.288. The van der Waals surface area contributed by atoms with E-state index in [-0.39, 0.29) is 5.54 Å². The Balaban J connectivity index is 2.06. The zero-order valence-electron chi connectivity index (χ0n) is 12.8. The fourth-order valence-corrected chi connectivity index (χ4v) is 3.45. The molecule has 21 heavy (non-hydrogen) atoms. The average molecular weight is 287 g/mol. The molecule has 1 fully saturated rings. The fraction of sp³-hybridized carbons (Fsp3) is 0.588. The van der Waals surface area contributed by atoms with Crippen LogP contribution in [0.4, 0.5) is 0 Å². The van der Waals surface area contributed by atoms with Crippen molar-refractivity contribution in [1.29, 1.82) is 0 Å². The van der Waals surface area contributed by atoms with E-state index in [2.05, 4.69) is 22.8 Å². The van der Waals surface area contributed by atoms with E-state index in [1.807, 2.05) is 6.07 Å². The van der Waals surface area contributed by atoms with Crippen LogP contribution < -0.4 is 5.73 Å². The molecule has 2 aromatic rings. The van der Waals surface area contributed by atoms with E-state index >= 15 is 0 Å². The van der Waals surface area contributed by atoms with Crippen LogP contribution in [0.1, 0.15) is 44.3 Å². The van der Waals surface area contributed by atoms with Crippen LogP contribution in [0.5, 0.6) is 0 Å². The minimum Gasteiger partial charge on any atom is -0.383 e. The first-order valence-electron chi connectivity index (χ1n) is 7.98. The lowest BCUT2D eigenvalue weighted by Crippen LogP contribution is -2.39. The van der Waals surface area contributed by atoms with Gasteiger partial charge in [-0.1, -0.05) is 37.8 Å². The predicted molar refractivity (Wildman–Crippen MR) is 85.2 cm³/mol. The van der Waals surface area contributed by atoms with E-state index in [1.54, 1.807) is 7.11 Å². The summed E-state index contributed by atoms with van der Waals surface area (Å²) in [5, 5.41) is 0. The number of hydrogen-bond donors (Lipinski definition) is 1. The number of imidazole rings is 1. The monoisotopic (exact) mass is 287 g/mol. The van der Waals surface area contributed by atoms with Gasteiger partial charge in [0, 0.05) is 13.7 Å². The maximum atomic E-state index is 6.79. The third-order valence-electron chi connectivity index (χ3n) is 4.61. The summed E-state index contributed by atoms with van der Waals surface area (Å²) in [6, 6.07) is 8.30. The molecule has 2 N–H and O–H groups in total. The summed E-state index contributed by atoms with van der Waals surface area (Å²) in [5.74, 6) is 1.04. The molecule has 0 unspecified atom stereocenters. The first kappa shape index (κ1) is 14.5. The van der Waals surface area contributed by atoms with Crippen LogP contribution in [-0.2, 0) is 16.8 Å². The van der Waals surface area contributed by atoms with E-state index in [4.69, 9.17) is 15.5 Å². The molecule has 3 rings (SSSR count). The second-order valence-electron chi connectivity index (χ2n) is 6.14. The second kappa shape index (κ2) is 6.16. The highest BCUT2D eigenvalue weighted by atomic mass is 16.5. The van der Waals surface area contributed by atoms with Gasteiger partial charge < -0.3 is 15.0 Å². The molecule has 1 aromatic heterocycles. The van der Waals surface area contributed by atoms with Crippen LogP contribution in [0.15, 0.2) is 24.3 Å². The lowest BCUT2D eigenvalue weighted by Gasteiger charge is -2.28. The molecule has 1 heterocycles. The van der Waals surface area contributed by atoms with Gasteiger partial charge in [0.1, 0.15) is 5.82 Å². The maximum absolute atomic E-state index is 6.79. The second-order valence-corrected chi connectivity index (χ2v) is 6.14. The van der Waals surface area contributed by atoms with Crippen molar-refractivity contribution in [3.63, 3.8) is 0 Å². The van der Waals surface area contributed by atoms with Gasteiger partial charge in [-0.15, -0.1) is 0 Å². The van der Waals surface area contributed by atoms with Crippen molar-refractivity contribution in [2.45, 2.75) is 50.6 Å². The van der Waals surface area contributed by atoms with Gasteiger partial charge in [-0.3, -0.25) is 0 Å². The van der Waals surface area contributed by atoms with Crippen LogP contribution in [0, 0.1) is 0 Å². The Bertz CT molecular complexity index is 597. The SMILES string of the molecule is COCCn1c(C2(N)CCCCCC2)nc2ccccc21. The molecule has 1 aliphatic rings. The highest BCUT2D eigenvalue weighted by molar-refractivity contribution is 5.76. The first-order valence-corrected chi connectivity index (χ1v) is 7.98. The number of benzene rings is 1. The Morgan fingerprint density at radius 2 is 1.90 bits per heavy atom. The molecule has 1 saturated carbocycles. The summed E-state index contributed by atoms with van der Waals surface area (Å²) in [6.45, 7) is 1.49. The molecule has 114 valence electrons. The summed E-state index contributed by atoms with van der Waals surface area (Å²) in [4.78, 5) is 4.89. The lowest BCUT2D eigenvalue weighted by molar-refractivity contribution is 0.184. The first-order chi connectivity index (χ1) is 10.2. The molecule has 0 radical (unpaired) electrons. The summed E-state index contributed by atoms with van der Waals surface area (Å²) in [7, 11) is 1.74. The molecule has 0 bridgehead atoms. The van der Waals surface area contributed by atoms with Gasteiger partial charge in [0.15, 0.2) is 0 Å². The molecule has 1 aliphatic carbocycles. The van der Waals surface area contributed by atoms with Crippen LogP contribution in [-0.4, -0.2) is 23.3 Å². The molecule has 0 atom stereocenters. The standard InChI is InChI=1S/C17H25N3O/c1-21-13-12-20-15-9-5-4-8-14(15)19-16(20)17(18)10-6-2-3-7-11-17/h4-5,8-9H,2-3,6-7,10-13,18H2,1H3. The van der Waals surface area contributed by atoms with Crippen LogP contribution in [0.3, 0.4) is 0 Å². The van der Waals surface area contributed by atoms with E-state index in [9.17, 15) is 0 Å². The van der Waals surface area contributed by atoms with Crippen molar-refractivity contribution in [3.8, 4) is 0 Å². The normalized spacial score (nSPS) is 18.8. The lowest BCUT2D eigenvalue weighted by atomic mass is 9.90. The van der Waals surface area contributed by atoms with Crippen molar-refractivity contribution in [2.24, 2.45) is 5.73 Å². The van der Waals surface area contributed by atoms with E-state index in [0.29, 0.717) is 6.61 Å². The summed E-state index contributed by atoms with van der Waals surface area (Å²) >= 11 is 0. The average Bonchev–Trinajstić information content (AvgIpc) is 2.73. The Morgan fingerprint density at radius 1 is 1.19 bits per heavy atom. The number of nitrogens with two attached hydrogens (primary N) is 1. The van der Waals surface area contributed by atoms with Crippen molar-refractivity contribution in [2.75, 3.05) is 13.7 Å². The van der Waals surface area contributed by atoms with Gasteiger partial charge in [0.25, 0.3) is 0 Å². The van der Waals surface area contributed by atoms with Crippen molar-refractivity contribution >= 4 is 11.0 Å². The number of nitrogens with zero attached hydrogens (tertiary/aromatic N) is 2. The third-order valence-corrected chi connectivity index (χ3v) is 4.61. The quantitative estimate of drug-likeness (QED) is 0.879. The van der Waals surface area contributed by atoms with Gasteiger partial charge in [0.05, 0.1) is 23.2 Å². The Hall–Kier alpha value is -1.39. The molecule has 1 aromatic carbocycles. The highest BCUT2D eigenvalue weighted by Gasteiger charge is 2.33.